The summed E-state index contributed by atoms with van der Waals surface area (Å²) >= 11 is 0. The van der Waals surface area contributed by atoms with Gasteiger partial charge in [-0.3, -0.25) is 4.79 Å². The Bertz CT molecular complexity index is 617. The molecule has 2 N–H and O–H groups in total. The van der Waals surface area contributed by atoms with Crippen LogP contribution in [0.5, 0.6) is 5.75 Å². The van der Waals surface area contributed by atoms with Gasteiger partial charge in [0.25, 0.3) is 0 Å². The summed E-state index contributed by atoms with van der Waals surface area (Å²) in [4.78, 5) is 23.5. The van der Waals surface area contributed by atoms with Crippen molar-refractivity contribution in [2.45, 2.75) is 38.5 Å². The summed E-state index contributed by atoms with van der Waals surface area (Å²) < 4.78 is 5.12. The summed E-state index contributed by atoms with van der Waals surface area (Å²) in [6.45, 7) is -0.362. The second-order valence-corrected chi connectivity index (χ2v) is 7.86. The molecule has 0 heterocycles. The number of ether oxygens (including phenoxy) is 1. The minimum atomic E-state index is -1.01. The van der Waals surface area contributed by atoms with Gasteiger partial charge in [-0.05, 0) is 80.5 Å². The monoisotopic (exact) mass is 329 g/mol. The van der Waals surface area contributed by atoms with Crippen LogP contribution < -0.4 is 10.1 Å². The Morgan fingerprint density at radius 2 is 1.58 bits per heavy atom. The molecule has 4 fully saturated rings. The van der Waals surface area contributed by atoms with Crippen molar-refractivity contribution in [1.82, 2.24) is 0 Å². The van der Waals surface area contributed by atoms with Crippen LogP contribution in [0.2, 0.25) is 0 Å². The Morgan fingerprint density at radius 1 is 1.04 bits per heavy atom. The van der Waals surface area contributed by atoms with Gasteiger partial charge in [0.2, 0.25) is 5.91 Å². The quantitative estimate of drug-likeness (QED) is 0.869. The van der Waals surface area contributed by atoms with Crippen LogP contribution >= 0.6 is 0 Å². The molecule has 0 spiro atoms. The SMILES string of the molecule is O=C(O)COc1ccc(NC(=O)C23CC4CC(CC(C4)C2)C3)cc1. The van der Waals surface area contributed by atoms with E-state index in [4.69, 9.17) is 9.84 Å². The Hall–Kier alpha value is -2.04. The summed E-state index contributed by atoms with van der Waals surface area (Å²) in [6, 6.07) is 6.93. The molecule has 0 radical (unpaired) electrons. The van der Waals surface area contributed by atoms with E-state index in [-0.39, 0.29) is 17.9 Å². The molecule has 5 rings (SSSR count). The summed E-state index contributed by atoms with van der Waals surface area (Å²) in [5.41, 5.74) is 0.589. The third-order valence-corrected chi connectivity index (χ3v) is 5.99. The van der Waals surface area contributed by atoms with Crippen molar-refractivity contribution < 1.29 is 19.4 Å². The predicted molar refractivity (Wildman–Crippen MR) is 88.8 cm³/mol. The smallest absolute Gasteiger partial charge is 0.341 e. The number of anilines is 1. The molecule has 4 saturated carbocycles. The summed E-state index contributed by atoms with van der Waals surface area (Å²) in [5, 5.41) is 11.7. The van der Waals surface area contributed by atoms with Gasteiger partial charge in [0.15, 0.2) is 6.61 Å². The largest absolute Gasteiger partial charge is 0.482 e. The fourth-order valence-corrected chi connectivity index (χ4v) is 5.43. The average molecular weight is 329 g/mol. The van der Waals surface area contributed by atoms with Crippen LogP contribution in [0.15, 0.2) is 24.3 Å². The minimum absolute atomic E-state index is 0.159. The van der Waals surface area contributed by atoms with E-state index in [1.54, 1.807) is 24.3 Å². The van der Waals surface area contributed by atoms with Gasteiger partial charge in [0.1, 0.15) is 5.75 Å². The van der Waals surface area contributed by atoms with Crippen LogP contribution in [-0.2, 0) is 9.59 Å². The molecule has 5 nitrogen and oxygen atoms in total. The molecular formula is C19H23NO4. The Labute approximate surface area is 141 Å². The number of carboxylic acid groups (broad SMARTS) is 1. The maximum absolute atomic E-state index is 12.9. The molecule has 1 aromatic rings. The molecule has 1 amide bonds. The summed E-state index contributed by atoms with van der Waals surface area (Å²) in [5.74, 6) is 1.89. The van der Waals surface area contributed by atoms with Gasteiger partial charge in [-0.1, -0.05) is 0 Å². The first-order valence-corrected chi connectivity index (χ1v) is 8.78. The second kappa shape index (κ2) is 5.80. The number of amides is 1. The minimum Gasteiger partial charge on any atom is -0.482 e. The first-order chi connectivity index (χ1) is 11.5. The number of benzene rings is 1. The molecule has 0 aliphatic heterocycles. The zero-order valence-corrected chi connectivity index (χ0v) is 13.7. The van der Waals surface area contributed by atoms with Gasteiger partial charge in [0, 0.05) is 5.69 Å². The normalized spacial score (nSPS) is 33.2. The van der Waals surface area contributed by atoms with E-state index in [0.29, 0.717) is 5.75 Å². The molecule has 128 valence electrons. The molecule has 0 unspecified atom stereocenters. The van der Waals surface area contributed by atoms with Gasteiger partial charge < -0.3 is 15.2 Å². The Kier molecular flexibility index (Phi) is 3.74. The third kappa shape index (κ3) is 2.87. The van der Waals surface area contributed by atoms with Gasteiger partial charge >= 0.3 is 5.97 Å². The van der Waals surface area contributed by atoms with E-state index in [2.05, 4.69) is 5.32 Å². The highest BCUT2D eigenvalue weighted by Crippen LogP contribution is 2.60. The Morgan fingerprint density at radius 3 is 2.08 bits per heavy atom. The highest BCUT2D eigenvalue weighted by atomic mass is 16.5. The molecule has 0 saturated heterocycles. The van der Waals surface area contributed by atoms with Crippen molar-refractivity contribution in [3.8, 4) is 5.75 Å². The highest BCUT2D eigenvalue weighted by Gasteiger charge is 2.54. The standard InChI is InChI=1S/C19H23NO4/c21-17(22)11-24-16-3-1-15(2-4-16)20-18(23)19-8-12-5-13(9-19)7-14(6-12)10-19/h1-4,12-14H,5-11H2,(H,20,23)(H,21,22). The first-order valence-electron chi connectivity index (χ1n) is 8.78. The second-order valence-electron chi connectivity index (χ2n) is 7.86. The van der Waals surface area contributed by atoms with Gasteiger partial charge in [-0.25, -0.2) is 4.79 Å². The lowest BCUT2D eigenvalue weighted by molar-refractivity contribution is -0.140. The van der Waals surface area contributed by atoms with E-state index in [0.717, 1.165) is 42.7 Å². The molecule has 0 aromatic heterocycles. The number of hydrogen-bond donors (Lipinski definition) is 2. The molecule has 1 aromatic carbocycles. The topological polar surface area (TPSA) is 75.6 Å². The van der Waals surface area contributed by atoms with Crippen LogP contribution in [0.25, 0.3) is 0 Å². The van der Waals surface area contributed by atoms with E-state index in [9.17, 15) is 9.59 Å². The zero-order valence-electron chi connectivity index (χ0n) is 13.7. The van der Waals surface area contributed by atoms with Crippen molar-refractivity contribution in [3.05, 3.63) is 24.3 Å². The fraction of sp³-hybridized carbons (Fsp3) is 0.579. The number of rotatable bonds is 5. The predicted octanol–water partition coefficient (Wildman–Crippen LogP) is 3.30. The fourth-order valence-electron chi connectivity index (χ4n) is 5.43. The Balaban J connectivity index is 1.42. The van der Waals surface area contributed by atoms with Gasteiger partial charge in [-0.2, -0.15) is 0 Å². The highest BCUT2D eigenvalue weighted by molar-refractivity contribution is 5.95. The summed E-state index contributed by atoms with van der Waals surface area (Å²) in [7, 11) is 0. The third-order valence-electron chi connectivity index (χ3n) is 5.99. The average Bonchev–Trinajstić information content (AvgIpc) is 2.53. The molecule has 4 bridgehead atoms. The number of carbonyl (C=O) groups excluding carboxylic acids is 1. The van der Waals surface area contributed by atoms with Gasteiger partial charge in [0.05, 0.1) is 5.41 Å². The summed E-state index contributed by atoms with van der Waals surface area (Å²) in [6.07, 6.45) is 7.10. The lowest BCUT2D eigenvalue weighted by Crippen LogP contribution is -2.51. The van der Waals surface area contributed by atoms with E-state index >= 15 is 0 Å². The molecule has 4 aliphatic carbocycles. The van der Waals surface area contributed by atoms with Crippen molar-refractivity contribution in [3.63, 3.8) is 0 Å². The van der Waals surface area contributed by atoms with Gasteiger partial charge in [-0.15, -0.1) is 0 Å². The van der Waals surface area contributed by atoms with Crippen LogP contribution in [0, 0.1) is 23.2 Å². The molecular weight excluding hydrogens is 306 g/mol. The van der Waals surface area contributed by atoms with Crippen molar-refractivity contribution in [2.75, 3.05) is 11.9 Å². The number of aliphatic carboxylic acids is 1. The van der Waals surface area contributed by atoms with Crippen LogP contribution in [-0.4, -0.2) is 23.6 Å². The van der Waals surface area contributed by atoms with Crippen molar-refractivity contribution in [1.29, 1.82) is 0 Å². The molecule has 4 aliphatic rings. The lowest BCUT2D eigenvalue weighted by atomic mass is 9.49. The maximum atomic E-state index is 12.9. The lowest BCUT2D eigenvalue weighted by Gasteiger charge is -2.55. The zero-order chi connectivity index (χ0) is 16.7. The number of carboxylic acids is 1. The maximum Gasteiger partial charge on any atom is 0.341 e. The number of nitrogens with one attached hydrogen (secondary N) is 1. The van der Waals surface area contributed by atoms with Crippen LogP contribution in [0.4, 0.5) is 5.69 Å². The van der Waals surface area contributed by atoms with E-state index in [1.165, 1.54) is 19.3 Å². The van der Waals surface area contributed by atoms with E-state index in [1.807, 2.05) is 0 Å². The van der Waals surface area contributed by atoms with Crippen molar-refractivity contribution >= 4 is 17.6 Å². The van der Waals surface area contributed by atoms with Crippen molar-refractivity contribution in [2.24, 2.45) is 23.2 Å². The first kappa shape index (κ1) is 15.5. The molecule has 5 heteroatoms. The number of hydrogen-bond acceptors (Lipinski definition) is 3. The molecule has 24 heavy (non-hydrogen) atoms. The van der Waals surface area contributed by atoms with Crippen LogP contribution in [0.3, 0.4) is 0 Å². The molecule has 0 atom stereocenters. The van der Waals surface area contributed by atoms with E-state index < -0.39 is 5.97 Å². The number of carbonyl (C=O) groups is 2. The van der Waals surface area contributed by atoms with Crippen LogP contribution in [0.1, 0.15) is 38.5 Å².